The normalized spacial score (nSPS) is 12.4. The summed E-state index contributed by atoms with van der Waals surface area (Å²) in [7, 11) is 1.58. The number of nitro benzene ring substituents is 1. The number of rotatable bonds is 5. The van der Waals surface area contributed by atoms with Crippen LogP contribution in [0.15, 0.2) is 24.3 Å². The van der Waals surface area contributed by atoms with E-state index in [1.165, 1.54) is 12.1 Å². The fraction of sp³-hybridized carbons (Fsp3) is 0.400. The van der Waals surface area contributed by atoms with Crippen molar-refractivity contribution in [3.8, 4) is 0 Å². The summed E-state index contributed by atoms with van der Waals surface area (Å²) in [6.45, 7) is 0.447. The highest BCUT2D eigenvalue weighted by molar-refractivity contribution is 5.34. The predicted molar refractivity (Wildman–Crippen MR) is 56.7 cm³/mol. The van der Waals surface area contributed by atoms with E-state index < -0.39 is 4.92 Å². The highest BCUT2D eigenvalue weighted by Crippen LogP contribution is 2.14. The first-order valence-corrected chi connectivity index (χ1v) is 4.61. The largest absolute Gasteiger partial charge is 0.383 e. The van der Waals surface area contributed by atoms with E-state index in [0.29, 0.717) is 13.0 Å². The molecule has 0 bridgehead atoms. The van der Waals surface area contributed by atoms with E-state index in [1.54, 1.807) is 13.2 Å². The van der Waals surface area contributed by atoms with Crippen molar-refractivity contribution in [1.29, 1.82) is 0 Å². The number of hydrogen-bond donors (Lipinski definition) is 1. The molecular formula is C10H14N2O3. The van der Waals surface area contributed by atoms with Crippen molar-refractivity contribution < 1.29 is 9.66 Å². The van der Waals surface area contributed by atoms with Crippen LogP contribution in [-0.4, -0.2) is 24.7 Å². The highest BCUT2D eigenvalue weighted by atomic mass is 16.6. The van der Waals surface area contributed by atoms with Crippen LogP contribution in [-0.2, 0) is 11.2 Å². The maximum Gasteiger partial charge on any atom is 0.269 e. The second-order valence-corrected chi connectivity index (χ2v) is 3.35. The minimum absolute atomic E-state index is 0.0946. The summed E-state index contributed by atoms with van der Waals surface area (Å²) in [5.41, 5.74) is 6.70. The van der Waals surface area contributed by atoms with Gasteiger partial charge in [0.15, 0.2) is 0 Å². The molecule has 1 unspecified atom stereocenters. The second kappa shape index (κ2) is 5.43. The van der Waals surface area contributed by atoms with Crippen molar-refractivity contribution in [1.82, 2.24) is 0 Å². The number of benzene rings is 1. The molecule has 1 rings (SSSR count). The van der Waals surface area contributed by atoms with Gasteiger partial charge in [-0.2, -0.15) is 0 Å². The molecule has 0 aliphatic heterocycles. The number of nitrogens with two attached hydrogens (primary N) is 1. The summed E-state index contributed by atoms with van der Waals surface area (Å²) >= 11 is 0. The third-order valence-electron chi connectivity index (χ3n) is 2.00. The van der Waals surface area contributed by atoms with Crippen LogP contribution < -0.4 is 5.73 Å². The van der Waals surface area contributed by atoms with E-state index in [2.05, 4.69) is 0 Å². The van der Waals surface area contributed by atoms with E-state index in [4.69, 9.17) is 10.5 Å². The Balaban J connectivity index is 2.69. The molecule has 0 aromatic heterocycles. The lowest BCUT2D eigenvalue weighted by atomic mass is 10.1. The molecule has 82 valence electrons. The van der Waals surface area contributed by atoms with Crippen molar-refractivity contribution >= 4 is 5.69 Å². The maximum absolute atomic E-state index is 10.5. The summed E-state index contributed by atoms with van der Waals surface area (Å²) in [6, 6.07) is 6.35. The summed E-state index contributed by atoms with van der Waals surface area (Å²) < 4.78 is 4.89. The predicted octanol–water partition coefficient (Wildman–Crippen LogP) is 1.11. The van der Waals surface area contributed by atoms with Crippen molar-refractivity contribution in [2.24, 2.45) is 5.73 Å². The third-order valence-corrected chi connectivity index (χ3v) is 2.00. The smallest absolute Gasteiger partial charge is 0.269 e. The number of ether oxygens (including phenoxy) is 1. The van der Waals surface area contributed by atoms with Gasteiger partial charge in [-0.3, -0.25) is 10.1 Å². The molecule has 0 radical (unpaired) electrons. The Morgan fingerprint density at radius 2 is 2.33 bits per heavy atom. The number of methoxy groups -OCH3 is 1. The summed E-state index contributed by atoms with van der Waals surface area (Å²) in [6.07, 6.45) is 0.579. The molecule has 0 spiro atoms. The van der Waals surface area contributed by atoms with Crippen molar-refractivity contribution in [2.75, 3.05) is 13.7 Å². The first-order chi connectivity index (χ1) is 7.13. The average Bonchev–Trinajstić information content (AvgIpc) is 2.18. The fourth-order valence-corrected chi connectivity index (χ4v) is 1.37. The first-order valence-electron chi connectivity index (χ1n) is 4.61. The molecule has 0 aliphatic rings. The van der Waals surface area contributed by atoms with Crippen LogP contribution in [0.4, 0.5) is 5.69 Å². The van der Waals surface area contributed by atoms with Gasteiger partial charge in [-0.05, 0) is 12.0 Å². The van der Waals surface area contributed by atoms with E-state index >= 15 is 0 Å². The lowest BCUT2D eigenvalue weighted by Gasteiger charge is -2.09. The molecule has 15 heavy (non-hydrogen) atoms. The Morgan fingerprint density at radius 1 is 1.60 bits per heavy atom. The van der Waals surface area contributed by atoms with Crippen LogP contribution >= 0.6 is 0 Å². The Bertz CT molecular complexity index is 341. The Hall–Kier alpha value is -1.46. The zero-order valence-corrected chi connectivity index (χ0v) is 8.55. The van der Waals surface area contributed by atoms with Gasteiger partial charge in [0.25, 0.3) is 5.69 Å². The molecule has 0 saturated heterocycles. The fourth-order valence-electron chi connectivity index (χ4n) is 1.37. The van der Waals surface area contributed by atoms with Crippen LogP contribution in [0, 0.1) is 10.1 Å². The Morgan fingerprint density at radius 3 is 2.93 bits per heavy atom. The van der Waals surface area contributed by atoms with E-state index in [9.17, 15) is 10.1 Å². The maximum atomic E-state index is 10.5. The third kappa shape index (κ3) is 3.65. The van der Waals surface area contributed by atoms with Gasteiger partial charge in [0.2, 0.25) is 0 Å². The van der Waals surface area contributed by atoms with Gasteiger partial charge in [-0.25, -0.2) is 0 Å². The monoisotopic (exact) mass is 210 g/mol. The minimum atomic E-state index is -0.411. The zero-order chi connectivity index (χ0) is 11.3. The van der Waals surface area contributed by atoms with Gasteiger partial charge in [0, 0.05) is 25.3 Å². The molecule has 1 aromatic carbocycles. The summed E-state index contributed by atoms with van der Waals surface area (Å²) in [4.78, 5) is 10.1. The molecule has 1 aromatic rings. The summed E-state index contributed by atoms with van der Waals surface area (Å²) in [5.74, 6) is 0. The molecule has 0 amide bonds. The first kappa shape index (κ1) is 11.6. The van der Waals surface area contributed by atoms with E-state index in [1.807, 2.05) is 6.07 Å². The molecule has 2 N–H and O–H groups in total. The van der Waals surface area contributed by atoms with Crippen molar-refractivity contribution in [3.05, 3.63) is 39.9 Å². The van der Waals surface area contributed by atoms with Gasteiger partial charge in [-0.15, -0.1) is 0 Å². The summed E-state index contributed by atoms with van der Waals surface area (Å²) in [5, 5.41) is 10.5. The zero-order valence-electron chi connectivity index (χ0n) is 8.55. The molecule has 5 nitrogen and oxygen atoms in total. The van der Waals surface area contributed by atoms with E-state index in [-0.39, 0.29) is 11.7 Å². The second-order valence-electron chi connectivity index (χ2n) is 3.35. The number of nitro groups is 1. The highest BCUT2D eigenvalue weighted by Gasteiger charge is 2.08. The Kier molecular flexibility index (Phi) is 4.20. The van der Waals surface area contributed by atoms with Gasteiger partial charge in [-0.1, -0.05) is 12.1 Å². The SMILES string of the molecule is COCC(N)Cc1cccc([N+](=O)[O-])c1. The standard InChI is InChI=1S/C10H14N2O3/c1-15-7-9(11)5-8-3-2-4-10(6-8)12(13)14/h2-4,6,9H,5,7,11H2,1H3. The lowest BCUT2D eigenvalue weighted by Crippen LogP contribution is -2.27. The van der Waals surface area contributed by atoms with E-state index in [0.717, 1.165) is 5.56 Å². The molecule has 0 heterocycles. The molecular weight excluding hydrogens is 196 g/mol. The lowest BCUT2D eigenvalue weighted by molar-refractivity contribution is -0.384. The van der Waals surface area contributed by atoms with Crippen molar-refractivity contribution in [3.63, 3.8) is 0 Å². The minimum Gasteiger partial charge on any atom is -0.383 e. The van der Waals surface area contributed by atoms with Gasteiger partial charge >= 0.3 is 0 Å². The topological polar surface area (TPSA) is 78.4 Å². The van der Waals surface area contributed by atoms with Crippen LogP contribution in [0.2, 0.25) is 0 Å². The molecule has 0 fully saturated rings. The number of non-ortho nitro benzene ring substituents is 1. The number of nitrogens with zero attached hydrogens (tertiary/aromatic N) is 1. The van der Waals surface area contributed by atoms with Crippen LogP contribution in [0.25, 0.3) is 0 Å². The molecule has 0 saturated carbocycles. The molecule has 0 aliphatic carbocycles. The van der Waals surface area contributed by atoms with Crippen molar-refractivity contribution in [2.45, 2.75) is 12.5 Å². The van der Waals surface area contributed by atoms with Crippen LogP contribution in [0.1, 0.15) is 5.56 Å². The average molecular weight is 210 g/mol. The molecule has 1 atom stereocenters. The Labute approximate surface area is 88.0 Å². The van der Waals surface area contributed by atoms with Crippen LogP contribution in [0.5, 0.6) is 0 Å². The quantitative estimate of drug-likeness (QED) is 0.583. The van der Waals surface area contributed by atoms with Gasteiger partial charge in [0.05, 0.1) is 11.5 Å². The number of hydrogen-bond acceptors (Lipinski definition) is 4. The molecule has 5 heteroatoms. The van der Waals surface area contributed by atoms with Gasteiger partial charge < -0.3 is 10.5 Å². The van der Waals surface area contributed by atoms with Crippen LogP contribution in [0.3, 0.4) is 0 Å². The van der Waals surface area contributed by atoms with Gasteiger partial charge in [0.1, 0.15) is 0 Å².